The van der Waals surface area contributed by atoms with Crippen LogP contribution in [-0.2, 0) is 22.2 Å². The molecule has 0 bridgehead atoms. The first kappa shape index (κ1) is 18.5. The van der Waals surface area contributed by atoms with Crippen LogP contribution in [0.1, 0.15) is 6.92 Å². The van der Waals surface area contributed by atoms with Crippen molar-refractivity contribution in [3.8, 4) is 0 Å². The summed E-state index contributed by atoms with van der Waals surface area (Å²) in [6.07, 6.45) is 0. The molecule has 0 aliphatic carbocycles. The summed E-state index contributed by atoms with van der Waals surface area (Å²) in [6, 6.07) is 0. The molecule has 69 valence electrons. The van der Waals surface area contributed by atoms with Gasteiger partial charge in [-0.05, 0) is 0 Å². The summed E-state index contributed by atoms with van der Waals surface area (Å²) in [5, 5.41) is 4.69. The van der Waals surface area contributed by atoms with Gasteiger partial charge in [-0.25, -0.2) is 0 Å². The number of hydrogen-bond donors (Lipinski definition) is 2. The van der Waals surface area contributed by atoms with E-state index in [0.717, 1.165) is 0 Å². The van der Waals surface area contributed by atoms with E-state index < -0.39 is 0 Å². The predicted octanol–water partition coefficient (Wildman–Crippen LogP) is -0.807. The molecule has 0 rings (SSSR count). The van der Waals surface area contributed by atoms with Crippen LogP contribution >= 0.6 is 0 Å². The second-order valence-electron chi connectivity index (χ2n) is 1.65. The maximum absolute atomic E-state index is 10.6. The fourth-order valence-electron chi connectivity index (χ4n) is 0.348. The molecule has 0 unspecified atom stereocenters. The molecular formula is C6H12AcN2O2S-2. The summed E-state index contributed by atoms with van der Waals surface area (Å²) in [6.45, 7) is 1.35. The van der Waals surface area contributed by atoms with Crippen molar-refractivity contribution in [2.45, 2.75) is 6.92 Å². The van der Waals surface area contributed by atoms with E-state index in [1.165, 1.54) is 6.92 Å². The van der Waals surface area contributed by atoms with E-state index in [4.69, 9.17) is 0 Å². The quantitative estimate of drug-likeness (QED) is 0.479. The summed E-state index contributed by atoms with van der Waals surface area (Å²) in [5.74, 6) is -0.303. The van der Waals surface area contributed by atoms with Crippen LogP contribution in [0, 0.1) is 51.5 Å². The standard InChI is InChI=1S/C5H10N2O2S.CH3.Ac/c1-4(8)6-2-5(9)7-3-10;;/h10H,2-3H2,1H3,(H,6,8)(H,7,9);1H3;/q;-1;/p-1. The van der Waals surface area contributed by atoms with Gasteiger partial charge in [0.2, 0.25) is 11.8 Å². The van der Waals surface area contributed by atoms with Gasteiger partial charge < -0.3 is 30.7 Å². The molecule has 0 spiro atoms. The Kier molecular flexibility index (Phi) is 18.1. The van der Waals surface area contributed by atoms with Crippen molar-refractivity contribution in [2.24, 2.45) is 0 Å². The van der Waals surface area contributed by atoms with Gasteiger partial charge >= 0.3 is 0 Å². The first-order valence-electron chi connectivity index (χ1n) is 2.76. The second-order valence-corrected chi connectivity index (χ2v) is 1.94. The van der Waals surface area contributed by atoms with E-state index in [1.54, 1.807) is 0 Å². The van der Waals surface area contributed by atoms with Gasteiger partial charge in [0.25, 0.3) is 0 Å². The zero-order valence-corrected chi connectivity index (χ0v) is 12.8. The molecule has 0 aromatic heterocycles. The Morgan fingerprint density at radius 1 is 1.33 bits per heavy atom. The molecular weight excluding hydrogens is 391 g/mol. The maximum atomic E-state index is 10.6. The normalized spacial score (nSPS) is 7.17. The molecule has 0 aliphatic heterocycles. The van der Waals surface area contributed by atoms with Crippen molar-refractivity contribution >= 4 is 24.4 Å². The summed E-state index contributed by atoms with van der Waals surface area (Å²) in [5.41, 5.74) is 0. The van der Waals surface area contributed by atoms with Crippen LogP contribution in [0.25, 0.3) is 0 Å². The number of carbonyl (C=O) groups excluding carboxylic acids is 2. The SMILES string of the molecule is CC(=O)NCC(=O)NC[S-].[Ac].[CH3-]. The van der Waals surface area contributed by atoms with Crippen molar-refractivity contribution in [3.63, 3.8) is 0 Å². The monoisotopic (exact) mass is 403 g/mol. The van der Waals surface area contributed by atoms with E-state index in [0.29, 0.717) is 0 Å². The summed E-state index contributed by atoms with van der Waals surface area (Å²) in [7, 11) is 0. The van der Waals surface area contributed by atoms with Crippen molar-refractivity contribution in [1.82, 2.24) is 10.6 Å². The minimum Gasteiger partial charge on any atom is -0.772 e. The number of rotatable bonds is 3. The molecule has 4 nitrogen and oxygen atoms in total. The first-order chi connectivity index (χ1) is 4.66. The molecule has 0 aromatic carbocycles. The van der Waals surface area contributed by atoms with Crippen molar-refractivity contribution in [3.05, 3.63) is 7.43 Å². The van der Waals surface area contributed by atoms with E-state index in [-0.39, 0.29) is 75.7 Å². The molecule has 0 saturated heterocycles. The van der Waals surface area contributed by atoms with Gasteiger partial charge in [-0.1, -0.05) is 0 Å². The van der Waals surface area contributed by atoms with Crippen LogP contribution < -0.4 is 10.6 Å². The third-order valence-corrected chi connectivity index (χ3v) is 0.912. The Balaban J connectivity index is -0.000000405. The van der Waals surface area contributed by atoms with Gasteiger partial charge in [0.1, 0.15) is 0 Å². The molecule has 0 saturated carbocycles. The minimum atomic E-state index is -0.259. The largest absolute Gasteiger partial charge is 0.772 e. The summed E-state index contributed by atoms with van der Waals surface area (Å²) < 4.78 is 0. The Labute approximate surface area is 114 Å². The molecule has 2 amide bonds. The Bertz CT molecular complexity index is 144. The van der Waals surface area contributed by atoms with Crippen LogP contribution in [0.15, 0.2) is 0 Å². The first-order valence-corrected chi connectivity index (χ1v) is 3.33. The Hall–Kier alpha value is 0.732. The number of nitrogens with one attached hydrogen (secondary N) is 2. The Morgan fingerprint density at radius 3 is 2.17 bits per heavy atom. The third kappa shape index (κ3) is 13.3. The van der Waals surface area contributed by atoms with E-state index in [9.17, 15) is 9.59 Å². The van der Waals surface area contributed by atoms with Crippen molar-refractivity contribution < 1.29 is 53.7 Å². The van der Waals surface area contributed by atoms with Crippen LogP contribution in [0.2, 0.25) is 0 Å². The summed E-state index contributed by atoms with van der Waals surface area (Å²) >= 11 is 4.46. The maximum Gasteiger partial charge on any atom is 0.237 e. The van der Waals surface area contributed by atoms with E-state index >= 15 is 0 Å². The number of carbonyl (C=O) groups is 2. The third-order valence-electron chi connectivity index (χ3n) is 0.767. The average Bonchev–Trinajstić information content (AvgIpc) is 1.85. The predicted molar refractivity (Wildman–Crippen MR) is 45.5 cm³/mol. The van der Waals surface area contributed by atoms with Crippen LogP contribution in [0.4, 0.5) is 0 Å². The van der Waals surface area contributed by atoms with Gasteiger partial charge in [0.05, 0.1) is 6.54 Å². The van der Waals surface area contributed by atoms with E-state index in [2.05, 4.69) is 23.3 Å². The van der Waals surface area contributed by atoms with Crippen LogP contribution in [0.3, 0.4) is 0 Å². The van der Waals surface area contributed by atoms with E-state index in [1.807, 2.05) is 0 Å². The molecule has 0 heterocycles. The fourth-order valence-corrected chi connectivity index (χ4v) is 0.509. The number of hydrogen-bond acceptors (Lipinski definition) is 3. The van der Waals surface area contributed by atoms with Gasteiger partial charge in [-0.2, -0.15) is 0 Å². The number of amides is 2. The van der Waals surface area contributed by atoms with Gasteiger partial charge in [-0.3, -0.25) is 9.59 Å². The van der Waals surface area contributed by atoms with Gasteiger partial charge in [0, 0.05) is 51.0 Å². The fraction of sp³-hybridized carbons (Fsp3) is 0.500. The zero-order valence-electron chi connectivity index (χ0n) is 7.22. The van der Waals surface area contributed by atoms with Gasteiger partial charge in [-0.15, -0.1) is 5.88 Å². The van der Waals surface area contributed by atoms with Crippen LogP contribution in [-0.4, -0.2) is 24.2 Å². The molecule has 0 aliphatic rings. The molecule has 0 aromatic rings. The molecule has 12 heavy (non-hydrogen) atoms. The molecule has 2 N–H and O–H groups in total. The molecule has 6 heteroatoms. The molecule has 0 fully saturated rings. The topological polar surface area (TPSA) is 58.2 Å². The Morgan fingerprint density at radius 2 is 1.83 bits per heavy atom. The summed E-state index contributed by atoms with van der Waals surface area (Å²) in [4.78, 5) is 20.8. The smallest absolute Gasteiger partial charge is 0.237 e. The van der Waals surface area contributed by atoms with Crippen molar-refractivity contribution in [2.75, 3.05) is 12.4 Å². The van der Waals surface area contributed by atoms with Crippen molar-refractivity contribution in [1.29, 1.82) is 0 Å². The molecule has 0 atom stereocenters. The average molecular weight is 403 g/mol. The zero-order chi connectivity index (χ0) is 7.98. The molecule has 1 radical (unpaired) electrons. The minimum absolute atomic E-state index is 0. The second kappa shape index (κ2) is 11.7. The van der Waals surface area contributed by atoms with Gasteiger partial charge in [0.15, 0.2) is 0 Å². The van der Waals surface area contributed by atoms with Crippen LogP contribution in [0.5, 0.6) is 0 Å².